The standard InChI is InChI=1S/C7H12O/c1-2-3-4-5-6-7-8/h8H,2-3,6-7H2,1H3. The Labute approximate surface area is 50.7 Å². The lowest BCUT2D eigenvalue weighted by atomic mass is 10.3. The summed E-state index contributed by atoms with van der Waals surface area (Å²) in [4.78, 5) is 0. The lowest BCUT2D eigenvalue weighted by Crippen LogP contribution is -1.75. The number of unbranched alkanes of at least 4 members (excludes halogenated alkanes) is 1. The molecule has 0 aromatic heterocycles. The van der Waals surface area contributed by atoms with E-state index in [4.69, 9.17) is 5.11 Å². The van der Waals surface area contributed by atoms with Crippen LogP contribution < -0.4 is 0 Å². The molecule has 0 aliphatic carbocycles. The highest BCUT2D eigenvalue weighted by atomic mass is 16.2. The third kappa shape index (κ3) is 5.52. The molecular weight excluding hydrogens is 100 g/mol. The van der Waals surface area contributed by atoms with Gasteiger partial charge in [0.05, 0.1) is 6.61 Å². The van der Waals surface area contributed by atoms with Gasteiger partial charge < -0.3 is 5.11 Å². The zero-order valence-electron chi connectivity index (χ0n) is 5.28. The third-order valence-corrected chi connectivity index (χ3v) is 0.737. The van der Waals surface area contributed by atoms with Crippen LogP contribution in [0.4, 0.5) is 0 Å². The van der Waals surface area contributed by atoms with Crippen LogP contribution in [0.2, 0.25) is 0 Å². The predicted molar refractivity (Wildman–Crippen MR) is 34.4 cm³/mol. The summed E-state index contributed by atoms with van der Waals surface area (Å²) in [6.07, 6.45) is 2.69. The van der Waals surface area contributed by atoms with E-state index in [0.717, 1.165) is 12.8 Å². The number of aliphatic hydroxyl groups is 1. The molecule has 0 aliphatic rings. The number of hydrogen-bond acceptors (Lipinski definition) is 1. The fraction of sp³-hybridized carbons (Fsp3) is 0.714. The Morgan fingerprint density at radius 3 is 2.38 bits per heavy atom. The molecule has 0 atom stereocenters. The van der Waals surface area contributed by atoms with Gasteiger partial charge in [0.2, 0.25) is 0 Å². The summed E-state index contributed by atoms with van der Waals surface area (Å²) in [5, 5.41) is 8.26. The van der Waals surface area contributed by atoms with Crippen molar-refractivity contribution in [1.29, 1.82) is 0 Å². The molecule has 0 rings (SSSR count). The topological polar surface area (TPSA) is 20.2 Å². The first-order chi connectivity index (χ1) is 3.91. The minimum atomic E-state index is 0.191. The van der Waals surface area contributed by atoms with Gasteiger partial charge in [0.15, 0.2) is 0 Å². The van der Waals surface area contributed by atoms with Gasteiger partial charge in [0.1, 0.15) is 0 Å². The van der Waals surface area contributed by atoms with E-state index in [1.807, 2.05) is 0 Å². The molecule has 0 radical (unpaired) electrons. The highest BCUT2D eigenvalue weighted by Gasteiger charge is 1.70. The maximum absolute atomic E-state index is 8.26. The molecule has 1 nitrogen and oxygen atoms in total. The second-order valence-corrected chi connectivity index (χ2v) is 1.58. The maximum atomic E-state index is 8.26. The average molecular weight is 112 g/mol. The SMILES string of the molecule is CCCC#CCCO. The number of aliphatic hydroxyl groups excluding tert-OH is 1. The van der Waals surface area contributed by atoms with Crippen molar-refractivity contribution in [2.24, 2.45) is 0 Å². The summed E-state index contributed by atoms with van der Waals surface area (Å²) >= 11 is 0. The number of rotatable bonds is 2. The molecule has 0 aromatic rings. The van der Waals surface area contributed by atoms with Gasteiger partial charge >= 0.3 is 0 Å². The highest BCUT2D eigenvalue weighted by Crippen LogP contribution is 1.81. The first-order valence-corrected chi connectivity index (χ1v) is 2.98. The van der Waals surface area contributed by atoms with Crippen LogP contribution in [0, 0.1) is 11.8 Å². The van der Waals surface area contributed by atoms with E-state index < -0.39 is 0 Å². The van der Waals surface area contributed by atoms with E-state index in [1.54, 1.807) is 0 Å². The molecular formula is C7H12O. The predicted octanol–water partition coefficient (Wildman–Crippen LogP) is 1.17. The molecule has 0 amide bonds. The van der Waals surface area contributed by atoms with Crippen LogP contribution in [-0.4, -0.2) is 11.7 Å². The molecule has 0 bridgehead atoms. The smallest absolute Gasteiger partial charge is 0.0540 e. The van der Waals surface area contributed by atoms with Crippen molar-refractivity contribution in [1.82, 2.24) is 0 Å². The molecule has 0 aliphatic heterocycles. The molecule has 0 fully saturated rings. The van der Waals surface area contributed by atoms with Crippen molar-refractivity contribution in [3.8, 4) is 11.8 Å². The van der Waals surface area contributed by atoms with E-state index in [0.29, 0.717) is 6.42 Å². The largest absolute Gasteiger partial charge is 0.395 e. The highest BCUT2D eigenvalue weighted by molar-refractivity contribution is 4.97. The Kier molecular flexibility index (Phi) is 6.13. The van der Waals surface area contributed by atoms with Gasteiger partial charge in [-0.3, -0.25) is 0 Å². The Morgan fingerprint density at radius 1 is 1.25 bits per heavy atom. The van der Waals surface area contributed by atoms with Crippen molar-refractivity contribution in [2.75, 3.05) is 6.61 Å². The molecule has 0 saturated carbocycles. The monoisotopic (exact) mass is 112 g/mol. The van der Waals surface area contributed by atoms with Crippen LogP contribution in [0.5, 0.6) is 0 Å². The first kappa shape index (κ1) is 7.52. The quantitative estimate of drug-likeness (QED) is 0.532. The van der Waals surface area contributed by atoms with Crippen LogP contribution in [-0.2, 0) is 0 Å². The Morgan fingerprint density at radius 2 is 1.88 bits per heavy atom. The Balaban J connectivity index is 2.95. The fourth-order valence-electron chi connectivity index (χ4n) is 0.358. The van der Waals surface area contributed by atoms with E-state index in [2.05, 4.69) is 18.8 Å². The molecule has 46 valence electrons. The summed E-state index contributed by atoms with van der Waals surface area (Å²) in [5.41, 5.74) is 0. The first-order valence-electron chi connectivity index (χ1n) is 2.98. The van der Waals surface area contributed by atoms with Crippen LogP contribution in [0.15, 0.2) is 0 Å². The van der Waals surface area contributed by atoms with E-state index >= 15 is 0 Å². The molecule has 1 N–H and O–H groups in total. The maximum Gasteiger partial charge on any atom is 0.0540 e. The van der Waals surface area contributed by atoms with Gasteiger partial charge in [-0.05, 0) is 6.42 Å². The normalized spacial score (nSPS) is 7.75. The summed E-state index contributed by atoms with van der Waals surface area (Å²) in [7, 11) is 0. The van der Waals surface area contributed by atoms with Gasteiger partial charge in [-0.2, -0.15) is 0 Å². The van der Waals surface area contributed by atoms with Crippen molar-refractivity contribution >= 4 is 0 Å². The number of hydrogen-bond donors (Lipinski definition) is 1. The minimum Gasteiger partial charge on any atom is -0.395 e. The van der Waals surface area contributed by atoms with Crippen LogP contribution in [0.25, 0.3) is 0 Å². The van der Waals surface area contributed by atoms with E-state index in [1.165, 1.54) is 0 Å². The van der Waals surface area contributed by atoms with Crippen LogP contribution in [0.3, 0.4) is 0 Å². The van der Waals surface area contributed by atoms with Gasteiger partial charge in [-0.1, -0.05) is 6.92 Å². The summed E-state index contributed by atoms with van der Waals surface area (Å²) in [6, 6.07) is 0. The van der Waals surface area contributed by atoms with E-state index in [9.17, 15) is 0 Å². The second kappa shape index (κ2) is 6.52. The molecule has 0 unspecified atom stereocenters. The lowest BCUT2D eigenvalue weighted by molar-refractivity contribution is 0.305. The molecule has 0 spiro atoms. The van der Waals surface area contributed by atoms with Gasteiger partial charge in [0.25, 0.3) is 0 Å². The molecule has 0 aromatic carbocycles. The van der Waals surface area contributed by atoms with Crippen molar-refractivity contribution in [3.63, 3.8) is 0 Å². The van der Waals surface area contributed by atoms with Crippen molar-refractivity contribution in [2.45, 2.75) is 26.2 Å². The van der Waals surface area contributed by atoms with Crippen molar-refractivity contribution < 1.29 is 5.11 Å². The zero-order valence-corrected chi connectivity index (χ0v) is 5.28. The lowest BCUT2D eigenvalue weighted by Gasteiger charge is -1.78. The van der Waals surface area contributed by atoms with E-state index in [-0.39, 0.29) is 6.61 Å². The molecule has 0 heterocycles. The van der Waals surface area contributed by atoms with Gasteiger partial charge in [0, 0.05) is 12.8 Å². The summed E-state index contributed by atoms with van der Waals surface area (Å²) < 4.78 is 0. The fourth-order valence-corrected chi connectivity index (χ4v) is 0.358. The van der Waals surface area contributed by atoms with Gasteiger partial charge in [-0.15, -0.1) is 11.8 Å². The third-order valence-electron chi connectivity index (χ3n) is 0.737. The Hall–Kier alpha value is -0.480. The minimum absolute atomic E-state index is 0.191. The average Bonchev–Trinajstić information content (AvgIpc) is 1.81. The molecule has 8 heavy (non-hydrogen) atoms. The summed E-state index contributed by atoms with van der Waals surface area (Å²) in [5.74, 6) is 5.76. The van der Waals surface area contributed by atoms with Crippen LogP contribution >= 0.6 is 0 Å². The second-order valence-electron chi connectivity index (χ2n) is 1.58. The molecule has 0 saturated heterocycles. The summed E-state index contributed by atoms with van der Waals surface area (Å²) in [6.45, 7) is 2.28. The van der Waals surface area contributed by atoms with Crippen LogP contribution in [0.1, 0.15) is 26.2 Å². The zero-order chi connectivity index (χ0) is 6.24. The van der Waals surface area contributed by atoms with Crippen molar-refractivity contribution in [3.05, 3.63) is 0 Å². The Bertz CT molecular complexity index is 76.3. The molecule has 1 heteroatoms. The van der Waals surface area contributed by atoms with Gasteiger partial charge in [-0.25, -0.2) is 0 Å².